The first-order valence-corrected chi connectivity index (χ1v) is 13.0. The van der Waals surface area contributed by atoms with Crippen molar-refractivity contribution in [3.63, 3.8) is 0 Å². The second-order valence-electron chi connectivity index (χ2n) is 9.14. The van der Waals surface area contributed by atoms with Crippen LogP contribution in [0.25, 0.3) is 5.69 Å². The summed E-state index contributed by atoms with van der Waals surface area (Å²) in [6.07, 6.45) is 1.59. The topological polar surface area (TPSA) is 121 Å². The number of rotatable bonds is 11. The van der Waals surface area contributed by atoms with Gasteiger partial charge in [0.05, 0.1) is 17.2 Å². The van der Waals surface area contributed by atoms with E-state index in [1.807, 2.05) is 31.2 Å². The van der Waals surface area contributed by atoms with Crippen LogP contribution in [0, 0.1) is 24.0 Å². The number of hydrogen-bond donors (Lipinski definition) is 1. The van der Waals surface area contributed by atoms with Gasteiger partial charge in [-0.2, -0.15) is 5.10 Å². The zero-order valence-corrected chi connectivity index (χ0v) is 23.3. The van der Waals surface area contributed by atoms with Crippen molar-refractivity contribution in [2.24, 2.45) is 5.10 Å². The number of ether oxygens (including phenoxy) is 2. The summed E-state index contributed by atoms with van der Waals surface area (Å²) >= 11 is 6.06. The van der Waals surface area contributed by atoms with Crippen LogP contribution >= 0.6 is 11.6 Å². The molecular formula is C29H29ClN4O6. The highest BCUT2D eigenvalue weighted by Crippen LogP contribution is 2.34. The number of nitro groups is 1. The molecule has 0 unspecified atom stereocenters. The first-order chi connectivity index (χ1) is 19.2. The summed E-state index contributed by atoms with van der Waals surface area (Å²) in [7, 11) is 0. The summed E-state index contributed by atoms with van der Waals surface area (Å²) in [5.41, 5.74) is 5.64. The predicted molar refractivity (Wildman–Crippen MR) is 152 cm³/mol. The molecule has 2 heterocycles. The van der Waals surface area contributed by atoms with E-state index >= 15 is 0 Å². The van der Waals surface area contributed by atoms with E-state index in [4.69, 9.17) is 25.5 Å². The van der Waals surface area contributed by atoms with Gasteiger partial charge in [0.25, 0.3) is 0 Å². The summed E-state index contributed by atoms with van der Waals surface area (Å²) in [5.74, 6) is 0.545. The zero-order valence-electron chi connectivity index (χ0n) is 22.5. The van der Waals surface area contributed by atoms with Crippen LogP contribution in [0.5, 0.6) is 11.5 Å². The number of nitro benzene ring substituents is 1. The molecule has 2 aromatic carbocycles. The number of amides is 1. The van der Waals surface area contributed by atoms with Crippen LogP contribution in [0.1, 0.15) is 53.5 Å². The Morgan fingerprint density at radius 2 is 1.85 bits per heavy atom. The molecule has 0 radical (unpaired) electrons. The Hall–Kier alpha value is -4.57. The Balaban J connectivity index is 1.38. The molecule has 0 saturated carbocycles. The molecule has 1 atom stereocenters. The van der Waals surface area contributed by atoms with Crippen molar-refractivity contribution in [2.75, 3.05) is 0 Å². The van der Waals surface area contributed by atoms with Gasteiger partial charge in [-0.15, -0.1) is 0 Å². The van der Waals surface area contributed by atoms with Gasteiger partial charge in [0.1, 0.15) is 18.1 Å². The van der Waals surface area contributed by atoms with Gasteiger partial charge in [0.15, 0.2) is 5.76 Å². The number of carbonyl (C=O) groups excluding carboxylic acids is 1. The molecule has 4 aromatic rings. The number of nitrogens with one attached hydrogen (secondary N) is 1. The molecule has 2 aromatic heterocycles. The van der Waals surface area contributed by atoms with E-state index in [9.17, 15) is 14.9 Å². The van der Waals surface area contributed by atoms with Crippen LogP contribution in [0.3, 0.4) is 0 Å². The van der Waals surface area contributed by atoms with Gasteiger partial charge in [-0.1, -0.05) is 18.5 Å². The Bertz CT molecular complexity index is 1520. The van der Waals surface area contributed by atoms with Crippen LogP contribution in [-0.4, -0.2) is 27.7 Å². The van der Waals surface area contributed by atoms with E-state index in [0.29, 0.717) is 17.9 Å². The number of aryl methyl sites for hydroxylation is 2. The van der Waals surface area contributed by atoms with Crippen molar-refractivity contribution in [2.45, 2.75) is 46.8 Å². The van der Waals surface area contributed by atoms with Gasteiger partial charge >= 0.3 is 11.6 Å². The highest BCUT2D eigenvalue weighted by molar-refractivity contribution is 6.31. The van der Waals surface area contributed by atoms with Gasteiger partial charge in [0.2, 0.25) is 5.75 Å². The van der Waals surface area contributed by atoms with Crippen molar-refractivity contribution in [1.29, 1.82) is 0 Å². The normalized spacial score (nSPS) is 11.9. The average molecular weight is 565 g/mol. The number of benzene rings is 2. The average Bonchev–Trinajstić information content (AvgIpc) is 3.54. The Labute approximate surface area is 236 Å². The Kier molecular flexibility index (Phi) is 8.90. The Morgan fingerprint density at radius 3 is 2.50 bits per heavy atom. The fourth-order valence-corrected chi connectivity index (χ4v) is 4.18. The molecule has 4 rings (SSSR count). The maximum atomic E-state index is 12.6. The van der Waals surface area contributed by atoms with Gasteiger partial charge in [-0.25, -0.2) is 5.43 Å². The summed E-state index contributed by atoms with van der Waals surface area (Å²) in [6, 6.07) is 17.7. The van der Waals surface area contributed by atoms with Crippen LogP contribution < -0.4 is 14.9 Å². The number of hydrazone groups is 1. The molecule has 208 valence electrons. The lowest BCUT2D eigenvalue weighted by atomic mass is 10.1. The van der Waals surface area contributed by atoms with E-state index in [1.54, 1.807) is 13.0 Å². The van der Waals surface area contributed by atoms with Gasteiger partial charge in [0, 0.05) is 33.7 Å². The third kappa shape index (κ3) is 6.70. The number of furan rings is 1. The maximum absolute atomic E-state index is 12.6. The minimum atomic E-state index is -0.606. The standard InChI is InChI=1S/C29H29ClN4O6/c1-5-20(4)39-28-21(14-22(30)15-26(28)34(36)37)16-31-32-29(35)27-13-12-25(40-27)17-38-24-10-8-23(9-11-24)33-18(2)6-7-19(33)3/h6-16,20H,5,17H2,1-4H3,(H,32,35)/b31-16+/t20-/m0/s1. The van der Waals surface area contributed by atoms with Gasteiger partial charge in [-0.05, 0) is 81.8 Å². The van der Waals surface area contributed by atoms with Gasteiger partial charge in [-0.3, -0.25) is 14.9 Å². The lowest BCUT2D eigenvalue weighted by Crippen LogP contribution is -2.17. The van der Waals surface area contributed by atoms with E-state index in [2.05, 4.69) is 41.1 Å². The van der Waals surface area contributed by atoms with E-state index in [0.717, 1.165) is 17.1 Å². The molecule has 40 heavy (non-hydrogen) atoms. The maximum Gasteiger partial charge on any atom is 0.313 e. The number of hydrogen-bond acceptors (Lipinski definition) is 7. The predicted octanol–water partition coefficient (Wildman–Crippen LogP) is 6.77. The third-order valence-electron chi connectivity index (χ3n) is 6.16. The first-order valence-electron chi connectivity index (χ1n) is 12.6. The quantitative estimate of drug-likeness (QED) is 0.122. The molecule has 0 aliphatic heterocycles. The van der Waals surface area contributed by atoms with Gasteiger partial charge < -0.3 is 18.5 Å². The second-order valence-corrected chi connectivity index (χ2v) is 9.57. The summed E-state index contributed by atoms with van der Waals surface area (Å²) in [5, 5.41) is 15.6. The molecule has 0 spiro atoms. The smallest absolute Gasteiger partial charge is 0.313 e. The van der Waals surface area contributed by atoms with Crippen molar-refractivity contribution >= 4 is 29.4 Å². The lowest BCUT2D eigenvalue weighted by Gasteiger charge is -2.15. The number of nitrogens with zero attached hydrogens (tertiary/aromatic N) is 3. The van der Waals surface area contributed by atoms with Crippen LogP contribution in [0.15, 0.2) is 70.2 Å². The summed E-state index contributed by atoms with van der Waals surface area (Å²) in [6.45, 7) is 7.91. The van der Waals surface area contributed by atoms with Crippen molar-refractivity contribution < 1.29 is 23.6 Å². The highest BCUT2D eigenvalue weighted by Gasteiger charge is 2.22. The SMILES string of the molecule is CC[C@H](C)Oc1c(/C=N/NC(=O)c2ccc(COc3ccc(-n4c(C)ccc4C)cc3)o2)cc(Cl)cc1[N+](=O)[O-]. The molecule has 0 bridgehead atoms. The van der Waals surface area contributed by atoms with Crippen molar-refractivity contribution in [1.82, 2.24) is 9.99 Å². The monoisotopic (exact) mass is 564 g/mol. The van der Waals surface area contributed by atoms with Crippen molar-refractivity contribution in [3.8, 4) is 17.2 Å². The number of halogens is 1. The van der Waals surface area contributed by atoms with Crippen LogP contribution in [0.2, 0.25) is 5.02 Å². The van der Waals surface area contributed by atoms with E-state index in [-0.39, 0.29) is 40.5 Å². The lowest BCUT2D eigenvalue weighted by molar-refractivity contribution is -0.386. The molecule has 0 fully saturated rings. The molecule has 10 nitrogen and oxygen atoms in total. The summed E-state index contributed by atoms with van der Waals surface area (Å²) in [4.78, 5) is 23.5. The fraction of sp³-hybridized carbons (Fsp3) is 0.241. The summed E-state index contributed by atoms with van der Waals surface area (Å²) < 4.78 is 19.3. The zero-order chi connectivity index (χ0) is 28.8. The fourth-order valence-electron chi connectivity index (χ4n) is 3.96. The van der Waals surface area contributed by atoms with Crippen molar-refractivity contribution in [3.05, 3.63) is 104 Å². The molecule has 0 saturated heterocycles. The first kappa shape index (κ1) is 28.4. The van der Waals surface area contributed by atoms with Crippen LogP contribution in [-0.2, 0) is 6.61 Å². The largest absolute Gasteiger partial charge is 0.486 e. The number of aromatic nitrogens is 1. The number of carbonyl (C=O) groups is 1. The molecule has 0 aliphatic carbocycles. The second kappa shape index (κ2) is 12.5. The van der Waals surface area contributed by atoms with Crippen LogP contribution in [0.4, 0.5) is 5.69 Å². The third-order valence-corrected chi connectivity index (χ3v) is 6.37. The Morgan fingerprint density at radius 1 is 1.15 bits per heavy atom. The molecule has 0 aliphatic rings. The molecule has 11 heteroatoms. The molecule has 1 amide bonds. The molecule has 1 N–H and O–H groups in total. The minimum absolute atomic E-state index is 0.0193. The minimum Gasteiger partial charge on any atom is -0.486 e. The van der Waals surface area contributed by atoms with E-state index in [1.165, 1.54) is 24.4 Å². The highest BCUT2D eigenvalue weighted by atomic mass is 35.5. The van der Waals surface area contributed by atoms with E-state index < -0.39 is 10.8 Å². The molecular weight excluding hydrogens is 536 g/mol.